The van der Waals surface area contributed by atoms with Crippen LogP contribution in [0.4, 0.5) is 11.4 Å². The molecule has 2 aromatic rings. The minimum absolute atomic E-state index is 0. The van der Waals surface area contributed by atoms with Gasteiger partial charge >= 0.3 is 0 Å². The number of nitro benzene ring substituents is 1. The van der Waals surface area contributed by atoms with Crippen molar-refractivity contribution in [3.8, 4) is 5.75 Å². The summed E-state index contributed by atoms with van der Waals surface area (Å²) in [5.74, 6) is 0.142. The number of phenols is 1. The van der Waals surface area contributed by atoms with Crippen LogP contribution in [-0.4, -0.2) is 16.2 Å². The van der Waals surface area contributed by atoms with Gasteiger partial charge in [0, 0.05) is 41.0 Å². The van der Waals surface area contributed by atoms with Crippen molar-refractivity contribution in [2.24, 2.45) is 4.99 Å². The summed E-state index contributed by atoms with van der Waals surface area (Å²) >= 11 is 0. The Bertz CT molecular complexity index is 597. The second-order valence-electron chi connectivity index (χ2n) is 3.59. The summed E-state index contributed by atoms with van der Waals surface area (Å²) in [6.07, 6.45) is 1.51. The van der Waals surface area contributed by atoms with E-state index in [-0.39, 0.29) is 28.5 Å². The van der Waals surface area contributed by atoms with Crippen molar-refractivity contribution < 1.29 is 27.1 Å². The zero-order chi connectivity index (χ0) is 13.0. The zero-order valence-electron chi connectivity index (χ0n) is 9.66. The Hall–Kier alpha value is -2.17. The van der Waals surface area contributed by atoms with E-state index in [1.165, 1.54) is 18.3 Å². The summed E-state index contributed by atoms with van der Waals surface area (Å²) in [6, 6.07) is 12.7. The van der Waals surface area contributed by atoms with Gasteiger partial charge in [0.25, 0.3) is 5.69 Å². The maximum Gasteiger partial charge on any atom is 0.269 e. The largest absolute Gasteiger partial charge is 0.507 e. The van der Waals surface area contributed by atoms with Crippen molar-refractivity contribution in [1.82, 2.24) is 0 Å². The molecular formula is C13H10CuN2O3. The van der Waals surface area contributed by atoms with Gasteiger partial charge in [-0.15, -0.1) is 0 Å². The van der Waals surface area contributed by atoms with Crippen LogP contribution in [0.25, 0.3) is 0 Å². The van der Waals surface area contributed by atoms with E-state index < -0.39 is 4.92 Å². The zero-order valence-corrected chi connectivity index (χ0v) is 10.6. The molecule has 0 bridgehead atoms. The molecule has 6 heteroatoms. The average Bonchev–Trinajstić information content (AvgIpc) is 2.38. The van der Waals surface area contributed by atoms with Gasteiger partial charge in [-0.1, -0.05) is 12.1 Å². The van der Waals surface area contributed by atoms with Crippen molar-refractivity contribution in [3.63, 3.8) is 0 Å². The molecule has 5 nitrogen and oxygen atoms in total. The smallest absolute Gasteiger partial charge is 0.269 e. The first-order valence-corrected chi connectivity index (χ1v) is 5.23. The van der Waals surface area contributed by atoms with Gasteiger partial charge in [-0.2, -0.15) is 0 Å². The topological polar surface area (TPSA) is 75.7 Å². The number of aromatic hydroxyl groups is 1. The maximum atomic E-state index is 10.5. The van der Waals surface area contributed by atoms with E-state index in [1.54, 1.807) is 36.4 Å². The fourth-order valence-corrected chi connectivity index (χ4v) is 1.40. The predicted octanol–water partition coefficient (Wildman–Crippen LogP) is 3.05. The number of non-ortho nitro benzene ring substituents is 1. The fraction of sp³-hybridized carbons (Fsp3) is 0. The number of aliphatic imine (C=N–C) groups is 1. The minimum Gasteiger partial charge on any atom is -0.507 e. The summed E-state index contributed by atoms with van der Waals surface area (Å²) in [7, 11) is 0. The minimum atomic E-state index is -0.462. The van der Waals surface area contributed by atoms with Gasteiger partial charge in [0.05, 0.1) is 10.6 Å². The summed E-state index contributed by atoms with van der Waals surface area (Å²) in [6.45, 7) is 0. The van der Waals surface area contributed by atoms with Gasteiger partial charge in [0.2, 0.25) is 0 Å². The first kappa shape index (κ1) is 14.9. The summed E-state index contributed by atoms with van der Waals surface area (Å²) < 4.78 is 0. The molecular weight excluding hydrogens is 296 g/mol. The molecule has 101 valence electrons. The first-order valence-electron chi connectivity index (χ1n) is 5.23. The van der Waals surface area contributed by atoms with Gasteiger partial charge in [-0.3, -0.25) is 15.1 Å². The number of para-hydroxylation sites is 1. The molecule has 0 aliphatic rings. The number of rotatable bonds is 3. The number of hydrogen-bond donors (Lipinski definition) is 1. The van der Waals surface area contributed by atoms with Gasteiger partial charge in [0.15, 0.2) is 0 Å². The van der Waals surface area contributed by atoms with Crippen LogP contribution in [0.3, 0.4) is 0 Å². The van der Waals surface area contributed by atoms with Crippen LogP contribution in [0.2, 0.25) is 0 Å². The van der Waals surface area contributed by atoms with Crippen LogP contribution in [0.1, 0.15) is 5.56 Å². The molecule has 2 rings (SSSR count). The van der Waals surface area contributed by atoms with Crippen LogP contribution < -0.4 is 0 Å². The second-order valence-corrected chi connectivity index (χ2v) is 3.59. The molecule has 0 heterocycles. The molecule has 0 fully saturated rings. The first-order chi connectivity index (χ1) is 8.66. The van der Waals surface area contributed by atoms with E-state index in [0.717, 1.165) is 0 Å². The van der Waals surface area contributed by atoms with Crippen molar-refractivity contribution in [2.45, 2.75) is 0 Å². The number of nitrogens with zero attached hydrogens (tertiary/aromatic N) is 2. The molecule has 0 aliphatic carbocycles. The predicted molar refractivity (Wildman–Crippen MR) is 68.5 cm³/mol. The van der Waals surface area contributed by atoms with Gasteiger partial charge < -0.3 is 5.11 Å². The third-order valence-corrected chi connectivity index (χ3v) is 2.35. The molecule has 0 unspecified atom stereocenters. The van der Waals surface area contributed by atoms with Crippen LogP contribution >= 0.6 is 0 Å². The molecule has 0 atom stereocenters. The third-order valence-electron chi connectivity index (χ3n) is 2.35. The standard InChI is InChI=1S/C13H10N2O3.Cu/c16-13-4-2-1-3-10(13)9-14-11-5-7-12(8-6-11)15(17)18;/h1-9,16H;. The van der Waals surface area contributed by atoms with E-state index >= 15 is 0 Å². The van der Waals surface area contributed by atoms with Gasteiger partial charge in [-0.25, -0.2) is 0 Å². The number of nitro groups is 1. The van der Waals surface area contributed by atoms with Gasteiger partial charge in [0.1, 0.15) is 5.75 Å². The van der Waals surface area contributed by atoms with Crippen molar-refractivity contribution >= 4 is 17.6 Å². The monoisotopic (exact) mass is 305 g/mol. The summed E-state index contributed by atoms with van der Waals surface area (Å²) in [5, 5.41) is 20.0. The van der Waals surface area contributed by atoms with Crippen molar-refractivity contribution in [2.75, 3.05) is 0 Å². The Morgan fingerprint density at radius 1 is 1.11 bits per heavy atom. The molecule has 0 saturated heterocycles. The molecule has 0 spiro atoms. The van der Waals surface area contributed by atoms with E-state index in [2.05, 4.69) is 4.99 Å². The third kappa shape index (κ3) is 3.91. The van der Waals surface area contributed by atoms with Crippen molar-refractivity contribution in [3.05, 3.63) is 64.2 Å². The maximum absolute atomic E-state index is 10.5. The number of benzene rings is 2. The second kappa shape index (κ2) is 6.68. The van der Waals surface area contributed by atoms with Crippen LogP contribution in [0.5, 0.6) is 5.75 Å². The average molecular weight is 306 g/mol. The van der Waals surface area contributed by atoms with Gasteiger partial charge in [-0.05, 0) is 24.3 Å². The van der Waals surface area contributed by atoms with Crippen LogP contribution in [0.15, 0.2) is 53.5 Å². The quantitative estimate of drug-likeness (QED) is 0.410. The van der Waals surface area contributed by atoms with E-state index in [9.17, 15) is 15.2 Å². The Morgan fingerprint density at radius 3 is 2.32 bits per heavy atom. The molecule has 0 saturated carbocycles. The Kier molecular flexibility index (Phi) is 5.23. The molecule has 0 amide bonds. The molecule has 0 aromatic heterocycles. The van der Waals surface area contributed by atoms with Crippen LogP contribution in [-0.2, 0) is 17.1 Å². The Balaban J connectivity index is 0.00000180. The van der Waals surface area contributed by atoms with Crippen molar-refractivity contribution in [1.29, 1.82) is 0 Å². The van der Waals surface area contributed by atoms with E-state index in [4.69, 9.17) is 0 Å². The van der Waals surface area contributed by atoms with E-state index in [1.807, 2.05) is 0 Å². The van der Waals surface area contributed by atoms with E-state index in [0.29, 0.717) is 11.3 Å². The van der Waals surface area contributed by atoms with Crippen LogP contribution in [0, 0.1) is 10.1 Å². The summed E-state index contributed by atoms with van der Waals surface area (Å²) in [4.78, 5) is 14.1. The molecule has 19 heavy (non-hydrogen) atoms. The fourth-order valence-electron chi connectivity index (χ4n) is 1.40. The molecule has 2 aromatic carbocycles. The number of phenolic OH excluding ortho intramolecular Hbond substituents is 1. The normalized spacial score (nSPS) is 10.1. The molecule has 1 N–H and O–H groups in total. The summed E-state index contributed by atoms with van der Waals surface area (Å²) in [5.41, 5.74) is 1.20. The number of hydrogen-bond acceptors (Lipinski definition) is 4. The Morgan fingerprint density at radius 2 is 1.74 bits per heavy atom. The SMILES string of the molecule is O=[N+]([O-])c1ccc(N=Cc2ccccc2O)cc1.[Cu]. The molecule has 1 radical (unpaired) electrons. The molecule has 0 aliphatic heterocycles. The Labute approximate surface area is 120 Å².